The largest absolute Gasteiger partial charge is 0.364 e. The number of aromatic amines is 1. The summed E-state index contributed by atoms with van der Waals surface area (Å²) in [5, 5.41) is 10.7. The van der Waals surface area contributed by atoms with E-state index in [1.807, 2.05) is 18.7 Å². The van der Waals surface area contributed by atoms with Crippen molar-refractivity contribution in [1.82, 2.24) is 20.3 Å². The van der Waals surface area contributed by atoms with Gasteiger partial charge in [0.25, 0.3) is 5.91 Å². The van der Waals surface area contributed by atoms with Gasteiger partial charge in [0.05, 0.1) is 17.4 Å². The van der Waals surface area contributed by atoms with Crippen molar-refractivity contribution >= 4 is 11.8 Å². The molecule has 0 aromatic carbocycles. The molecule has 1 aliphatic heterocycles. The monoisotopic (exact) mass is 345 g/mol. The summed E-state index contributed by atoms with van der Waals surface area (Å²) >= 11 is 0. The second kappa shape index (κ2) is 7.08. The van der Waals surface area contributed by atoms with Crippen LogP contribution in [0.1, 0.15) is 64.9 Å². The number of nitrogens with zero attached hydrogens (tertiary/aromatic N) is 3. The molecule has 0 spiro atoms. The third-order valence-electron chi connectivity index (χ3n) is 4.80. The average Bonchev–Trinajstić information content (AvgIpc) is 3.21. The summed E-state index contributed by atoms with van der Waals surface area (Å²) in [6, 6.07) is 1.55. The molecule has 8 nitrogen and oxygen atoms in total. The second-order valence-corrected chi connectivity index (χ2v) is 6.47. The lowest BCUT2D eigenvalue weighted by atomic mass is 9.98. The first-order valence-corrected chi connectivity index (χ1v) is 8.53. The number of piperidine rings is 1. The first-order valence-electron chi connectivity index (χ1n) is 8.53. The highest BCUT2D eigenvalue weighted by atomic mass is 16.5. The van der Waals surface area contributed by atoms with E-state index in [1.165, 1.54) is 0 Å². The molecule has 0 radical (unpaired) electrons. The Morgan fingerprint density at radius 2 is 2.20 bits per heavy atom. The third kappa shape index (κ3) is 3.57. The lowest BCUT2D eigenvalue weighted by Crippen LogP contribution is -2.38. The van der Waals surface area contributed by atoms with Crippen LogP contribution in [0.3, 0.4) is 0 Å². The molecule has 0 saturated carbocycles. The van der Waals surface area contributed by atoms with Crippen LogP contribution in [0.2, 0.25) is 0 Å². The number of amides is 2. The van der Waals surface area contributed by atoms with Crippen LogP contribution in [0.5, 0.6) is 0 Å². The minimum Gasteiger partial charge on any atom is -0.364 e. The zero-order chi connectivity index (χ0) is 18.0. The van der Waals surface area contributed by atoms with Gasteiger partial charge in [0.1, 0.15) is 11.5 Å². The van der Waals surface area contributed by atoms with Crippen LogP contribution in [0.15, 0.2) is 10.6 Å². The third-order valence-corrected chi connectivity index (χ3v) is 4.80. The summed E-state index contributed by atoms with van der Waals surface area (Å²) in [5.41, 5.74) is 8.06. The fourth-order valence-electron chi connectivity index (χ4n) is 3.42. The summed E-state index contributed by atoms with van der Waals surface area (Å²) in [5.74, 6) is 0.273. The Balaban J connectivity index is 1.71. The van der Waals surface area contributed by atoms with Crippen molar-refractivity contribution in [3.8, 4) is 0 Å². The molecule has 8 heteroatoms. The van der Waals surface area contributed by atoms with E-state index in [1.54, 1.807) is 6.07 Å². The van der Waals surface area contributed by atoms with Crippen molar-refractivity contribution in [3.63, 3.8) is 0 Å². The molecule has 1 fully saturated rings. The standard InChI is InChI=1S/C17H23N5O3/c1-10-12(11(2)25-21-10)6-7-16(23)22-8-4-3-5-15(22)13-9-14(17(18)24)20-19-13/h9,15H,3-8H2,1-2H3,(H2,18,24)(H,19,20)/t15-/m1/s1. The van der Waals surface area contributed by atoms with Crippen LogP contribution < -0.4 is 5.73 Å². The molecule has 1 aliphatic rings. The zero-order valence-electron chi connectivity index (χ0n) is 14.5. The number of hydrogen-bond acceptors (Lipinski definition) is 5. The van der Waals surface area contributed by atoms with E-state index in [4.69, 9.17) is 10.3 Å². The maximum atomic E-state index is 12.8. The smallest absolute Gasteiger partial charge is 0.269 e. The molecule has 3 heterocycles. The van der Waals surface area contributed by atoms with Crippen LogP contribution in [-0.4, -0.2) is 38.6 Å². The van der Waals surface area contributed by atoms with E-state index < -0.39 is 5.91 Å². The van der Waals surface area contributed by atoms with Crippen molar-refractivity contribution in [3.05, 3.63) is 34.5 Å². The highest BCUT2D eigenvalue weighted by molar-refractivity contribution is 5.90. The number of nitrogens with two attached hydrogens (primary N) is 1. The number of likely N-dealkylation sites (tertiary alicyclic amines) is 1. The summed E-state index contributed by atoms with van der Waals surface area (Å²) in [6.07, 6.45) is 3.86. The van der Waals surface area contributed by atoms with Gasteiger partial charge in [0, 0.05) is 18.5 Å². The van der Waals surface area contributed by atoms with Crippen LogP contribution in [0.4, 0.5) is 0 Å². The average molecular weight is 345 g/mol. The number of aromatic nitrogens is 3. The minimum absolute atomic E-state index is 0.0833. The number of nitrogens with one attached hydrogen (secondary N) is 1. The molecule has 0 aliphatic carbocycles. The van der Waals surface area contributed by atoms with Gasteiger partial charge in [-0.15, -0.1) is 0 Å². The van der Waals surface area contributed by atoms with Crippen molar-refractivity contribution in [2.24, 2.45) is 5.73 Å². The Morgan fingerprint density at radius 3 is 2.84 bits per heavy atom. The molecule has 134 valence electrons. The Labute approximate surface area is 145 Å². The minimum atomic E-state index is -0.574. The number of hydrogen-bond donors (Lipinski definition) is 2. The number of primary amides is 1. The van der Waals surface area contributed by atoms with Gasteiger partial charge < -0.3 is 15.2 Å². The van der Waals surface area contributed by atoms with Crippen LogP contribution >= 0.6 is 0 Å². The number of rotatable bonds is 5. The van der Waals surface area contributed by atoms with E-state index in [2.05, 4.69) is 15.4 Å². The van der Waals surface area contributed by atoms with Gasteiger partial charge in [0.2, 0.25) is 5.91 Å². The second-order valence-electron chi connectivity index (χ2n) is 6.47. The molecule has 3 N–H and O–H groups in total. The van der Waals surface area contributed by atoms with E-state index in [-0.39, 0.29) is 17.6 Å². The van der Waals surface area contributed by atoms with Crippen molar-refractivity contribution < 1.29 is 14.1 Å². The molecule has 2 aromatic rings. The van der Waals surface area contributed by atoms with Crippen LogP contribution in [-0.2, 0) is 11.2 Å². The lowest BCUT2D eigenvalue weighted by Gasteiger charge is -2.35. The van der Waals surface area contributed by atoms with Crippen molar-refractivity contribution in [1.29, 1.82) is 0 Å². The maximum absolute atomic E-state index is 12.8. The van der Waals surface area contributed by atoms with Gasteiger partial charge in [0.15, 0.2) is 0 Å². The summed E-state index contributed by atoms with van der Waals surface area (Å²) < 4.78 is 5.16. The molecule has 0 unspecified atom stereocenters. The van der Waals surface area contributed by atoms with E-state index >= 15 is 0 Å². The number of aryl methyl sites for hydroxylation is 2. The van der Waals surface area contributed by atoms with Gasteiger partial charge in [-0.05, 0) is 45.6 Å². The van der Waals surface area contributed by atoms with Crippen molar-refractivity contribution in [2.75, 3.05) is 6.54 Å². The molecular weight excluding hydrogens is 322 g/mol. The molecule has 1 saturated heterocycles. The summed E-state index contributed by atoms with van der Waals surface area (Å²) in [6.45, 7) is 4.45. The number of carbonyl (C=O) groups is 2. The maximum Gasteiger partial charge on any atom is 0.269 e. The van der Waals surface area contributed by atoms with Crippen molar-refractivity contribution in [2.45, 2.75) is 52.0 Å². The topological polar surface area (TPSA) is 118 Å². The van der Waals surface area contributed by atoms with E-state index in [0.717, 1.165) is 42.0 Å². The van der Waals surface area contributed by atoms with Gasteiger partial charge in [-0.25, -0.2) is 0 Å². The van der Waals surface area contributed by atoms with Crippen LogP contribution in [0.25, 0.3) is 0 Å². The highest BCUT2D eigenvalue weighted by Crippen LogP contribution is 2.31. The number of H-pyrrole nitrogens is 1. The van der Waals surface area contributed by atoms with Gasteiger partial charge in [-0.2, -0.15) is 5.10 Å². The van der Waals surface area contributed by atoms with E-state index in [9.17, 15) is 9.59 Å². The quantitative estimate of drug-likeness (QED) is 0.856. The van der Waals surface area contributed by atoms with Crippen LogP contribution in [0, 0.1) is 13.8 Å². The number of carbonyl (C=O) groups excluding carboxylic acids is 2. The Hall–Kier alpha value is -2.64. The van der Waals surface area contributed by atoms with E-state index in [0.29, 0.717) is 19.4 Å². The fraction of sp³-hybridized carbons (Fsp3) is 0.529. The zero-order valence-corrected chi connectivity index (χ0v) is 14.5. The molecule has 2 amide bonds. The molecule has 25 heavy (non-hydrogen) atoms. The van der Waals surface area contributed by atoms with Gasteiger partial charge in [-0.3, -0.25) is 14.7 Å². The Bertz CT molecular complexity index is 760. The fourth-order valence-corrected chi connectivity index (χ4v) is 3.42. The lowest BCUT2D eigenvalue weighted by molar-refractivity contribution is -0.135. The predicted molar refractivity (Wildman–Crippen MR) is 89.7 cm³/mol. The SMILES string of the molecule is Cc1noc(C)c1CCC(=O)N1CCCC[C@@H]1c1cc(C(N)=O)n[nH]1. The molecule has 3 rings (SSSR count). The highest BCUT2D eigenvalue weighted by Gasteiger charge is 2.29. The normalized spacial score (nSPS) is 17.7. The Morgan fingerprint density at radius 1 is 1.40 bits per heavy atom. The van der Waals surface area contributed by atoms with Gasteiger partial charge in [-0.1, -0.05) is 5.16 Å². The molecule has 1 atom stereocenters. The Kier molecular flexibility index (Phi) is 4.87. The van der Waals surface area contributed by atoms with Gasteiger partial charge >= 0.3 is 0 Å². The molecule has 0 bridgehead atoms. The predicted octanol–water partition coefficient (Wildman–Crippen LogP) is 1.80. The first-order chi connectivity index (χ1) is 12.0. The first kappa shape index (κ1) is 17.2. The summed E-state index contributed by atoms with van der Waals surface area (Å²) in [4.78, 5) is 25.9. The molecular formula is C17H23N5O3. The summed E-state index contributed by atoms with van der Waals surface area (Å²) in [7, 11) is 0. The molecule has 2 aromatic heterocycles.